The van der Waals surface area contributed by atoms with Crippen LogP contribution in [0, 0.1) is 50.2 Å². The van der Waals surface area contributed by atoms with E-state index in [2.05, 4.69) is 40.7 Å². The topological polar surface area (TPSA) is 98.0 Å². The number of aliphatic carboxylic acids is 1. The lowest BCUT2D eigenvalue weighted by Crippen LogP contribution is -2.68. The maximum Gasteiger partial charge on any atom is 0.310 e. The minimum atomic E-state index is -0.907. The van der Waals surface area contributed by atoms with E-state index in [4.69, 9.17) is 0 Å². The van der Waals surface area contributed by atoms with Gasteiger partial charge in [-0.15, -0.1) is 0 Å². The number of allylic oxidation sites excluding steroid dienone is 2. The maximum absolute atomic E-state index is 12.8. The number of aliphatic hydroxyl groups excluding tert-OH is 3. The zero-order valence-corrected chi connectivity index (χ0v) is 22.7. The van der Waals surface area contributed by atoms with Crippen molar-refractivity contribution in [2.75, 3.05) is 6.61 Å². The van der Waals surface area contributed by atoms with E-state index in [-0.39, 0.29) is 40.1 Å². The second-order valence-corrected chi connectivity index (χ2v) is 15.1. The Balaban J connectivity index is 1.61. The molecule has 10 atom stereocenters. The fourth-order valence-electron chi connectivity index (χ4n) is 10.8. The van der Waals surface area contributed by atoms with Gasteiger partial charge in [-0.05, 0) is 97.2 Å². The highest BCUT2D eigenvalue weighted by molar-refractivity contribution is 5.76. The first-order valence-corrected chi connectivity index (χ1v) is 14.0. The highest BCUT2D eigenvalue weighted by Crippen LogP contribution is 2.75. The average molecular weight is 489 g/mol. The van der Waals surface area contributed by atoms with Gasteiger partial charge in [0.2, 0.25) is 0 Å². The summed E-state index contributed by atoms with van der Waals surface area (Å²) >= 11 is 0. The molecule has 0 aromatic carbocycles. The van der Waals surface area contributed by atoms with Crippen LogP contribution in [0.15, 0.2) is 11.6 Å². The van der Waals surface area contributed by atoms with Gasteiger partial charge in [-0.2, -0.15) is 0 Å². The predicted octanol–water partition coefficient (Wildman–Crippen LogP) is 5.18. The highest BCUT2D eigenvalue weighted by Gasteiger charge is 2.70. The standard InChI is InChI=1S/C30H48O5/c1-25(2)11-13-30(24(34)35)14-12-28(5)18(19(30)15-25)7-8-22-26(3)16-20(32)23(33)27(4,17-31)21(26)9-10-29(22,28)6/h7,19-23,31-33H,8-17H2,1-6H3,(H,34,35)/t19-,20-,21+,22+,23-,26+,27+,28+,29-,30-/m0/s1. The molecule has 5 aliphatic carbocycles. The Morgan fingerprint density at radius 1 is 0.943 bits per heavy atom. The third-order valence-corrected chi connectivity index (χ3v) is 13.2. The van der Waals surface area contributed by atoms with Crippen LogP contribution in [0.1, 0.15) is 99.3 Å². The van der Waals surface area contributed by atoms with Crippen molar-refractivity contribution in [3.63, 3.8) is 0 Å². The van der Waals surface area contributed by atoms with Crippen molar-refractivity contribution in [3.8, 4) is 0 Å². The number of carboxylic acids is 1. The van der Waals surface area contributed by atoms with E-state index in [1.54, 1.807) is 0 Å². The van der Waals surface area contributed by atoms with Gasteiger partial charge >= 0.3 is 5.97 Å². The van der Waals surface area contributed by atoms with E-state index in [0.717, 1.165) is 51.4 Å². The number of hydrogen-bond acceptors (Lipinski definition) is 4. The second kappa shape index (κ2) is 7.57. The van der Waals surface area contributed by atoms with Crippen molar-refractivity contribution < 1.29 is 25.2 Å². The van der Waals surface area contributed by atoms with Crippen molar-refractivity contribution in [2.45, 2.75) is 112 Å². The Bertz CT molecular complexity index is 941. The summed E-state index contributed by atoms with van der Waals surface area (Å²) in [6, 6.07) is 0. The Morgan fingerprint density at radius 3 is 2.23 bits per heavy atom. The van der Waals surface area contributed by atoms with E-state index in [1.807, 2.05) is 6.92 Å². The Morgan fingerprint density at radius 2 is 1.60 bits per heavy atom. The second-order valence-electron chi connectivity index (χ2n) is 15.1. The Kier molecular flexibility index (Phi) is 5.56. The van der Waals surface area contributed by atoms with Crippen LogP contribution in [-0.4, -0.2) is 45.2 Å². The Hall–Kier alpha value is -0.910. The van der Waals surface area contributed by atoms with Crippen LogP contribution in [0.2, 0.25) is 0 Å². The first-order chi connectivity index (χ1) is 16.1. The molecule has 0 amide bonds. The van der Waals surface area contributed by atoms with Gasteiger partial charge in [0.1, 0.15) is 0 Å². The molecule has 4 fully saturated rings. The summed E-state index contributed by atoms with van der Waals surface area (Å²) in [7, 11) is 0. The van der Waals surface area contributed by atoms with E-state index in [1.165, 1.54) is 5.57 Å². The summed E-state index contributed by atoms with van der Waals surface area (Å²) in [5.74, 6) is -0.0472. The van der Waals surface area contributed by atoms with Crippen LogP contribution >= 0.6 is 0 Å². The lowest BCUT2D eigenvalue weighted by Gasteiger charge is -2.71. The van der Waals surface area contributed by atoms with Crippen molar-refractivity contribution >= 4 is 5.97 Å². The molecule has 0 radical (unpaired) electrons. The normalized spacial score (nSPS) is 55.0. The molecule has 35 heavy (non-hydrogen) atoms. The van der Waals surface area contributed by atoms with Crippen LogP contribution in [0.3, 0.4) is 0 Å². The Labute approximate surface area is 211 Å². The molecule has 0 spiro atoms. The van der Waals surface area contributed by atoms with Gasteiger partial charge in [-0.1, -0.05) is 53.2 Å². The van der Waals surface area contributed by atoms with Crippen LogP contribution in [0.5, 0.6) is 0 Å². The summed E-state index contributed by atoms with van der Waals surface area (Å²) in [5.41, 5.74) is -0.0632. The number of carboxylic acid groups (broad SMARTS) is 1. The molecule has 198 valence electrons. The van der Waals surface area contributed by atoms with E-state index < -0.39 is 29.0 Å². The zero-order valence-electron chi connectivity index (χ0n) is 22.7. The van der Waals surface area contributed by atoms with Gasteiger partial charge in [-0.25, -0.2) is 0 Å². The van der Waals surface area contributed by atoms with Gasteiger partial charge in [0.15, 0.2) is 0 Å². The lowest BCUT2D eigenvalue weighted by molar-refractivity contribution is -0.243. The van der Waals surface area contributed by atoms with Crippen molar-refractivity contribution in [2.24, 2.45) is 50.2 Å². The maximum atomic E-state index is 12.8. The van der Waals surface area contributed by atoms with Gasteiger partial charge in [-0.3, -0.25) is 4.79 Å². The monoisotopic (exact) mass is 488 g/mol. The summed E-state index contributed by atoms with van der Waals surface area (Å²) in [6.07, 6.45) is 8.40. The third kappa shape index (κ3) is 3.07. The fraction of sp³-hybridized carbons (Fsp3) is 0.900. The number of carbonyl (C=O) groups is 1. The molecule has 5 nitrogen and oxygen atoms in total. The molecular formula is C30H48O5. The predicted molar refractivity (Wildman–Crippen MR) is 135 cm³/mol. The molecule has 0 unspecified atom stereocenters. The molecule has 0 aliphatic heterocycles. The lowest BCUT2D eigenvalue weighted by atomic mass is 9.33. The number of fused-ring (bicyclic) bond motifs is 7. The molecule has 4 N–H and O–H groups in total. The van der Waals surface area contributed by atoms with Gasteiger partial charge in [0, 0.05) is 5.41 Å². The van der Waals surface area contributed by atoms with Crippen LogP contribution in [0.4, 0.5) is 0 Å². The first-order valence-electron chi connectivity index (χ1n) is 14.0. The third-order valence-electron chi connectivity index (χ3n) is 13.2. The smallest absolute Gasteiger partial charge is 0.310 e. The molecule has 5 heteroatoms. The zero-order chi connectivity index (χ0) is 25.8. The number of rotatable bonds is 2. The molecule has 0 bridgehead atoms. The highest BCUT2D eigenvalue weighted by atomic mass is 16.4. The molecule has 5 rings (SSSR count). The van der Waals surface area contributed by atoms with Crippen molar-refractivity contribution in [1.29, 1.82) is 0 Å². The van der Waals surface area contributed by atoms with Crippen LogP contribution in [-0.2, 0) is 4.79 Å². The SMILES string of the molecule is CC1(C)CC[C@]2(C(=O)O)CC[C@]3(C)C(=CC[C@@H]4[C@]5(C)C[C@H](O)[C@H](O)[C@](C)(CO)[C@@H]5CC[C@@]43C)[C@@H]2C1. The minimum Gasteiger partial charge on any atom is -0.481 e. The number of aliphatic hydroxyl groups is 3. The molecule has 0 saturated heterocycles. The van der Waals surface area contributed by atoms with Crippen molar-refractivity contribution in [3.05, 3.63) is 11.6 Å². The molecular weight excluding hydrogens is 440 g/mol. The average Bonchev–Trinajstić information content (AvgIpc) is 2.77. The summed E-state index contributed by atoms with van der Waals surface area (Å²) in [5, 5.41) is 42.8. The molecule has 5 aliphatic rings. The summed E-state index contributed by atoms with van der Waals surface area (Å²) in [6.45, 7) is 13.6. The first kappa shape index (κ1) is 25.7. The largest absolute Gasteiger partial charge is 0.481 e. The molecule has 0 heterocycles. The molecule has 0 aromatic heterocycles. The van der Waals surface area contributed by atoms with E-state index >= 15 is 0 Å². The van der Waals surface area contributed by atoms with Crippen molar-refractivity contribution in [1.82, 2.24) is 0 Å². The minimum absolute atomic E-state index is 0.00698. The molecule has 0 aromatic rings. The quantitative estimate of drug-likeness (QED) is 0.402. The van der Waals surface area contributed by atoms with E-state index in [0.29, 0.717) is 12.3 Å². The van der Waals surface area contributed by atoms with Crippen LogP contribution in [0.25, 0.3) is 0 Å². The van der Waals surface area contributed by atoms with Gasteiger partial charge in [0.25, 0.3) is 0 Å². The molecule has 4 saturated carbocycles. The van der Waals surface area contributed by atoms with E-state index in [9.17, 15) is 25.2 Å². The fourth-order valence-corrected chi connectivity index (χ4v) is 10.8. The summed E-state index contributed by atoms with van der Waals surface area (Å²) < 4.78 is 0. The van der Waals surface area contributed by atoms with Crippen LogP contribution < -0.4 is 0 Å². The number of hydrogen-bond donors (Lipinski definition) is 4. The summed E-state index contributed by atoms with van der Waals surface area (Å²) in [4.78, 5) is 12.8. The van der Waals surface area contributed by atoms with Gasteiger partial charge in [0.05, 0.1) is 24.2 Å². The van der Waals surface area contributed by atoms with Gasteiger partial charge < -0.3 is 20.4 Å².